The molecule has 4 heteroatoms. The van der Waals surface area contributed by atoms with Crippen molar-refractivity contribution in [2.24, 2.45) is 11.8 Å². The van der Waals surface area contributed by atoms with Crippen LogP contribution in [0.4, 0.5) is 0 Å². The SMILES string of the molecule is CCC1COC1COC1CCC(OCC2OCC2CC)CC1. The maximum atomic E-state index is 6.05. The molecule has 0 radical (unpaired) electrons. The van der Waals surface area contributed by atoms with Crippen LogP contribution < -0.4 is 0 Å². The third-order valence-corrected chi connectivity index (χ3v) is 5.76. The zero-order valence-corrected chi connectivity index (χ0v) is 14.2. The molecule has 0 aromatic heterocycles. The highest BCUT2D eigenvalue weighted by Crippen LogP contribution is 2.29. The Morgan fingerprint density at radius 3 is 1.41 bits per heavy atom. The van der Waals surface area contributed by atoms with Gasteiger partial charge in [0.25, 0.3) is 0 Å². The van der Waals surface area contributed by atoms with Gasteiger partial charge in [-0.05, 0) is 38.5 Å². The number of rotatable bonds is 8. The highest BCUT2D eigenvalue weighted by molar-refractivity contribution is 4.81. The topological polar surface area (TPSA) is 36.9 Å². The van der Waals surface area contributed by atoms with E-state index in [1.54, 1.807) is 0 Å². The van der Waals surface area contributed by atoms with E-state index in [4.69, 9.17) is 18.9 Å². The Kier molecular flexibility index (Phi) is 6.14. The van der Waals surface area contributed by atoms with Crippen molar-refractivity contribution in [3.8, 4) is 0 Å². The van der Waals surface area contributed by atoms with Gasteiger partial charge in [-0.25, -0.2) is 0 Å². The maximum absolute atomic E-state index is 6.05. The molecule has 128 valence electrons. The van der Waals surface area contributed by atoms with Crippen LogP contribution in [-0.2, 0) is 18.9 Å². The fourth-order valence-electron chi connectivity index (χ4n) is 3.69. The number of hydrogen-bond acceptors (Lipinski definition) is 4. The Labute approximate surface area is 134 Å². The van der Waals surface area contributed by atoms with Gasteiger partial charge in [-0.15, -0.1) is 0 Å². The zero-order chi connectivity index (χ0) is 15.4. The van der Waals surface area contributed by atoms with Gasteiger partial charge >= 0.3 is 0 Å². The second kappa shape index (κ2) is 8.09. The van der Waals surface area contributed by atoms with E-state index < -0.39 is 0 Å². The first-order valence-corrected chi connectivity index (χ1v) is 9.26. The molecule has 0 amide bonds. The Balaban J connectivity index is 1.26. The van der Waals surface area contributed by atoms with Crippen LogP contribution >= 0.6 is 0 Å². The van der Waals surface area contributed by atoms with E-state index >= 15 is 0 Å². The molecule has 0 bridgehead atoms. The highest BCUT2D eigenvalue weighted by atomic mass is 16.6. The molecular weight excluding hydrogens is 280 g/mol. The zero-order valence-electron chi connectivity index (χ0n) is 14.2. The Bertz CT molecular complexity index is 291. The Hall–Kier alpha value is -0.160. The molecule has 2 heterocycles. The standard InChI is InChI=1S/C18H32O4/c1-3-13-9-21-17(13)11-19-15-5-7-16(8-6-15)20-12-18-14(4-2)10-22-18/h13-18H,3-12H2,1-2H3. The van der Waals surface area contributed by atoms with Crippen molar-refractivity contribution >= 4 is 0 Å². The van der Waals surface area contributed by atoms with Crippen molar-refractivity contribution in [3.63, 3.8) is 0 Å². The predicted molar refractivity (Wildman–Crippen MR) is 85.0 cm³/mol. The van der Waals surface area contributed by atoms with Crippen molar-refractivity contribution in [1.29, 1.82) is 0 Å². The van der Waals surface area contributed by atoms with Crippen LogP contribution in [0.2, 0.25) is 0 Å². The lowest BCUT2D eigenvalue weighted by atomic mass is 9.93. The van der Waals surface area contributed by atoms with Crippen LogP contribution in [0.15, 0.2) is 0 Å². The molecule has 22 heavy (non-hydrogen) atoms. The average molecular weight is 312 g/mol. The summed E-state index contributed by atoms with van der Waals surface area (Å²) in [6.07, 6.45) is 8.41. The van der Waals surface area contributed by atoms with Crippen molar-refractivity contribution in [3.05, 3.63) is 0 Å². The number of ether oxygens (including phenoxy) is 4. The van der Waals surface area contributed by atoms with Gasteiger partial charge in [-0.1, -0.05) is 13.8 Å². The number of hydrogen-bond donors (Lipinski definition) is 0. The first-order valence-electron chi connectivity index (χ1n) is 9.26. The summed E-state index contributed by atoms with van der Waals surface area (Å²) < 4.78 is 23.3. The second-order valence-electron chi connectivity index (χ2n) is 7.15. The fourth-order valence-corrected chi connectivity index (χ4v) is 3.69. The van der Waals surface area contributed by atoms with E-state index in [1.165, 1.54) is 12.8 Å². The predicted octanol–water partition coefficient (Wildman–Crippen LogP) is 3.18. The van der Waals surface area contributed by atoms with Gasteiger partial charge < -0.3 is 18.9 Å². The lowest BCUT2D eigenvalue weighted by molar-refractivity contribution is -0.170. The van der Waals surface area contributed by atoms with E-state index in [1.807, 2.05) is 0 Å². The van der Waals surface area contributed by atoms with Crippen LogP contribution in [0, 0.1) is 11.8 Å². The van der Waals surface area contributed by atoms with E-state index in [2.05, 4.69) is 13.8 Å². The van der Waals surface area contributed by atoms with Gasteiger partial charge in [-0.2, -0.15) is 0 Å². The molecule has 3 fully saturated rings. The van der Waals surface area contributed by atoms with Crippen LogP contribution in [0.1, 0.15) is 52.4 Å². The summed E-state index contributed by atoms with van der Waals surface area (Å²) in [6, 6.07) is 0. The minimum atomic E-state index is 0.348. The summed E-state index contributed by atoms with van der Waals surface area (Å²) in [4.78, 5) is 0. The molecule has 3 rings (SSSR count). The lowest BCUT2D eigenvalue weighted by Gasteiger charge is -2.39. The quantitative estimate of drug-likeness (QED) is 0.690. The third-order valence-electron chi connectivity index (χ3n) is 5.76. The van der Waals surface area contributed by atoms with Crippen LogP contribution in [0.5, 0.6) is 0 Å². The molecule has 2 saturated heterocycles. The maximum Gasteiger partial charge on any atom is 0.0858 e. The summed E-state index contributed by atoms with van der Waals surface area (Å²) in [5.41, 5.74) is 0. The molecule has 4 unspecified atom stereocenters. The molecule has 0 N–H and O–H groups in total. The minimum Gasteiger partial charge on any atom is -0.376 e. The van der Waals surface area contributed by atoms with Crippen molar-refractivity contribution in [2.75, 3.05) is 26.4 Å². The van der Waals surface area contributed by atoms with Gasteiger partial charge in [0.05, 0.1) is 50.8 Å². The fraction of sp³-hybridized carbons (Fsp3) is 1.00. The molecule has 2 aliphatic heterocycles. The molecule has 0 aromatic rings. The Morgan fingerprint density at radius 1 is 0.727 bits per heavy atom. The van der Waals surface area contributed by atoms with Crippen LogP contribution in [-0.4, -0.2) is 50.8 Å². The first-order chi connectivity index (χ1) is 10.8. The van der Waals surface area contributed by atoms with Gasteiger partial charge in [0, 0.05) is 11.8 Å². The summed E-state index contributed by atoms with van der Waals surface area (Å²) in [5, 5.41) is 0. The van der Waals surface area contributed by atoms with E-state index in [9.17, 15) is 0 Å². The second-order valence-corrected chi connectivity index (χ2v) is 7.15. The van der Waals surface area contributed by atoms with Gasteiger partial charge in [-0.3, -0.25) is 0 Å². The minimum absolute atomic E-state index is 0.348. The van der Waals surface area contributed by atoms with Gasteiger partial charge in [0.1, 0.15) is 0 Å². The summed E-state index contributed by atoms with van der Waals surface area (Å²) in [7, 11) is 0. The molecule has 4 atom stereocenters. The largest absolute Gasteiger partial charge is 0.376 e. The molecular formula is C18H32O4. The first kappa shape index (κ1) is 16.7. The van der Waals surface area contributed by atoms with Crippen molar-refractivity contribution in [1.82, 2.24) is 0 Å². The third kappa shape index (κ3) is 4.02. The monoisotopic (exact) mass is 312 g/mol. The molecule has 0 aromatic carbocycles. The molecule has 4 nitrogen and oxygen atoms in total. The summed E-state index contributed by atoms with van der Waals surface area (Å²) in [5.74, 6) is 1.43. The lowest BCUT2D eigenvalue weighted by Crippen LogP contribution is -2.44. The molecule has 1 aliphatic carbocycles. The highest BCUT2D eigenvalue weighted by Gasteiger charge is 2.33. The molecule has 3 aliphatic rings. The smallest absolute Gasteiger partial charge is 0.0858 e. The normalized spacial score (nSPS) is 41.7. The Morgan fingerprint density at radius 2 is 1.14 bits per heavy atom. The van der Waals surface area contributed by atoms with Crippen LogP contribution in [0.3, 0.4) is 0 Å². The van der Waals surface area contributed by atoms with E-state index in [-0.39, 0.29) is 0 Å². The molecule has 0 spiro atoms. The van der Waals surface area contributed by atoms with E-state index in [0.29, 0.717) is 36.3 Å². The van der Waals surface area contributed by atoms with Crippen molar-refractivity contribution < 1.29 is 18.9 Å². The summed E-state index contributed by atoms with van der Waals surface area (Å²) >= 11 is 0. The van der Waals surface area contributed by atoms with Gasteiger partial charge in [0.2, 0.25) is 0 Å². The summed E-state index contributed by atoms with van der Waals surface area (Å²) in [6.45, 7) is 7.88. The average Bonchev–Trinajstić information content (AvgIpc) is 2.48. The van der Waals surface area contributed by atoms with E-state index in [0.717, 1.165) is 52.1 Å². The van der Waals surface area contributed by atoms with Gasteiger partial charge in [0.15, 0.2) is 0 Å². The van der Waals surface area contributed by atoms with Crippen LogP contribution in [0.25, 0.3) is 0 Å². The van der Waals surface area contributed by atoms with Crippen molar-refractivity contribution in [2.45, 2.75) is 76.8 Å². The molecule has 1 saturated carbocycles.